The van der Waals surface area contributed by atoms with Gasteiger partial charge in [0.05, 0.1) is 18.7 Å². The quantitative estimate of drug-likeness (QED) is 0.749. The van der Waals surface area contributed by atoms with Gasteiger partial charge in [-0.1, -0.05) is 31.5 Å². The number of aryl methyl sites for hydroxylation is 2. The Bertz CT molecular complexity index is 702. The Morgan fingerprint density at radius 1 is 1.20 bits per heavy atom. The van der Waals surface area contributed by atoms with E-state index >= 15 is 0 Å². The standard InChI is InChI=1S/C20H29N3O2/c1-14(2)13-23-17(5)19(16(4)22-23)12-20(24)21-10-11-25-18-8-6-15(3)7-9-18/h6-9,14H,10-13H2,1-5H3,(H,21,24). The van der Waals surface area contributed by atoms with Crippen LogP contribution in [0, 0.1) is 26.7 Å². The Kier molecular flexibility index (Phi) is 6.62. The van der Waals surface area contributed by atoms with Crippen LogP contribution in [-0.2, 0) is 17.8 Å². The van der Waals surface area contributed by atoms with Gasteiger partial charge in [0.15, 0.2) is 0 Å². The molecule has 5 nitrogen and oxygen atoms in total. The molecule has 1 aromatic carbocycles. The van der Waals surface area contributed by atoms with Crippen molar-refractivity contribution >= 4 is 5.91 Å². The molecule has 0 fully saturated rings. The maximum atomic E-state index is 12.2. The van der Waals surface area contributed by atoms with E-state index in [1.54, 1.807) is 0 Å². The zero-order valence-corrected chi connectivity index (χ0v) is 15.9. The van der Waals surface area contributed by atoms with Crippen molar-refractivity contribution in [3.63, 3.8) is 0 Å². The topological polar surface area (TPSA) is 56.1 Å². The minimum atomic E-state index is 0.00260. The number of amides is 1. The van der Waals surface area contributed by atoms with Gasteiger partial charge in [-0.2, -0.15) is 5.10 Å². The summed E-state index contributed by atoms with van der Waals surface area (Å²) in [4.78, 5) is 12.2. The number of hydrogen-bond acceptors (Lipinski definition) is 3. The van der Waals surface area contributed by atoms with Crippen molar-refractivity contribution in [3.8, 4) is 5.75 Å². The van der Waals surface area contributed by atoms with Gasteiger partial charge in [-0.15, -0.1) is 0 Å². The van der Waals surface area contributed by atoms with Gasteiger partial charge >= 0.3 is 0 Å². The summed E-state index contributed by atoms with van der Waals surface area (Å²) in [7, 11) is 0. The third kappa shape index (κ3) is 5.62. The number of ether oxygens (including phenoxy) is 1. The molecule has 2 rings (SSSR count). The minimum Gasteiger partial charge on any atom is -0.492 e. The molecule has 2 aromatic rings. The average Bonchev–Trinajstić information content (AvgIpc) is 2.80. The number of rotatable bonds is 8. The number of carbonyl (C=O) groups excluding carboxylic acids is 1. The second-order valence-corrected chi connectivity index (χ2v) is 6.91. The van der Waals surface area contributed by atoms with Crippen LogP contribution in [0.2, 0.25) is 0 Å². The van der Waals surface area contributed by atoms with Crippen molar-refractivity contribution in [2.45, 2.75) is 47.6 Å². The van der Waals surface area contributed by atoms with Gasteiger partial charge in [0.1, 0.15) is 12.4 Å². The maximum Gasteiger partial charge on any atom is 0.224 e. The monoisotopic (exact) mass is 343 g/mol. The SMILES string of the molecule is Cc1ccc(OCCNC(=O)Cc2c(C)nn(CC(C)C)c2C)cc1. The van der Waals surface area contributed by atoms with Gasteiger partial charge in [0.25, 0.3) is 0 Å². The molecule has 5 heteroatoms. The fraction of sp³-hybridized carbons (Fsp3) is 0.500. The highest BCUT2D eigenvalue weighted by molar-refractivity contribution is 5.79. The predicted molar refractivity (Wildman–Crippen MR) is 99.9 cm³/mol. The third-order valence-corrected chi connectivity index (χ3v) is 4.12. The molecule has 0 aliphatic rings. The first-order valence-electron chi connectivity index (χ1n) is 8.86. The van der Waals surface area contributed by atoms with Crippen LogP contribution >= 0.6 is 0 Å². The molecule has 0 bridgehead atoms. The van der Waals surface area contributed by atoms with Gasteiger partial charge in [-0.25, -0.2) is 0 Å². The summed E-state index contributed by atoms with van der Waals surface area (Å²) >= 11 is 0. The van der Waals surface area contributed by atoms with Crippen LogP contribution in [0.4, 0.5) is 0 Å². The number of benzene rings is 1. The molecule has 0 aliphatic carbocycles. The van der Waals surface area contributed by atoms with Gasteiger partial charge in [0.2, 0.25) is 5.91 Å². The van der Waals surface area contributed by atoms with Crippen molar-refractivity contribution in [3.05, 3.63) is 46.8 Å². The molecule has 1 amide bonds. The highest BCUT2D eigenvalue weighted by Crippen LogP contribution is 2.15. The number of nitrogens with one attached hydrogen (secondary N) is 1. The highest BCUT2D eigenvalue weighted by atomic mass is 16.5. The van der Waals surface area contributed by atoms with E-state index in [2.05, 4.69) is 24.3 Å². The summed E-state index contributed by atoms with van der Waals surface area (Å²) in [6, 6.07) is 7.89. The van der Waals surface area contributed by atoms with Crippen LogP contribution in [0.5, 0.6) is 5.75 Å². The number of nitrogens with zero attached hydrogens (tertiary/aromatic N) is 2. The zero-order valence-electron chi connectivity index (χ0n) is 15.9. The van der Waals surface area contributed by atoms with Gasteiger partial charge in [-0.05, 0) is 38.8 Å². The summed E-state index contributed by atoms with van der Waals surface area (Å²) in [5.41, 5.74) is 4.24. The molecular weight excluding hydrogens is 314 g/mol. The number of carbonyl (C=O) groups is 1. The van der Waals surface area contributed by atoms with Crippen molar-refractivity contribution in [2.75, 3.05) is 13.2 Å². The van der Waals surface area contributed by atoms with Crippen LogP contribution in [-0.4, -0.2) is 28.8 Å². The lowest BCUT2D eigenvalue weighted by Gasteiger charge is -2.09. The van der Waals surface area contributed by atoms with Crippen LogP contribution in [0.15, 0.2) is 24.3 Å². The summed E-state index contributed by atoms with van der Waals surface area (Å²) in [6.07, 6.45) is 0.361. The van der Waals surface area contributed by atoms with Gasteiger partial charge in [-0.3, -0.25) is 9.48 Å². The molecule has 0 spiro atoms. The summed E-state index contributed by atoms with van der Waals surface area (Å²) in [5, 5.41) is 7.47. The Morgan fingerprint density at radius 2 is 1.88 bits per heavy atom. The predicted octanol–water partition coefficient (Wildman–Crippen LogP) is 3.20. The smallest absolute Gasteiger partial charge is 0.224 e. The van der Waals surface area contributed by atoms with Crippen molar-refractivity contribution in [1.29, 1.82) is 0 Å². The van der Waals surface area contributed by atoms with Gasteiger partial charge in [0, 0.05) is 17.8 Å². The van der Waals surface area contributed by atoms with E-state index in [4.69, 9.17) is 4.74 Å². The largest absolute Gasteiger partial charge is 0.492 e. The van der Waals surface area contributed by atoms with E-state index in [9.17, 15) is 4.79 Å². The molecule has 0 saturated carbocycles. The molecule has 0 atom stereocenters. The van der Waals surface area contributed by atoms with E-state index in [0.717, 1.165) is 29.2 Å². The molecule has 1 N–H and O–H groups in total. The lowest BCUT2D eigenvalue weighted by molar-refractivity contribution is -0.120. The Hall–Kier alpha value is -2.30. The van der Waals surface area contributed by atoms with Crippen LogP contribution in [0.25, 0.3) is 0 Å². The van der Waals surface area contributed by atoms with Crippen molar-refractivity contribution in [2.24, 2.45) is 5.92 Å². The lowest BCUT2D eigenvalue weighted by atomic mass is 10.1. The van der Waals surface area contributed by atoms with E-state index in [0.29, 0.717) is 25.5 Å². The molecule has 0 aliphatic heterocycles. The van der Waals surface area contributed by atoms with E-state index in [1.807, 2.05) is 49.7 Å². The second-order valence-electron chi connectivity index (χ2n) is 6.91. The fourth-order valence-electron chi connectivity index (χ4n) is 2.73. The Morgan fingerprint density at radius 3 is 2.52 bits per heavy atom. The minimum absolute atomic E-state index is 0.00260. The molecule has 0 radical (unpaired) electrons. The van der Waals surface area contributed by atoms with Gasteiger partial charge < -0.3 is 10.1 Å². The van der Waals surface area contributed by atoms with E-state index in [-0.39, 0.29) is 5.91 Å². The first-order chi connectivity index (χ1) is 11.9. The molecule has 136 valence electrons. The first-order valence-corrected chi connectivity index (χ1v) is 8.86. The molecule has 1 aromatic heterocycles. The Labute approximate surface area is 150 Å². The summed E-state index contributed by atoms with van der Waals surface area (Å²) in [6.45, 7) is 12.2. The van der Waals surface area contributed by atoms with Crippen molar-refractivity contribution in [1.82, 2.24) is 15.1 Å². The molecule has 0 unspecified atom stereocenters. The number of aromatic nitrogens is 2. The van der Waals surface area contributed by atoms with Crippen LogP contribution in [0.3, 0.4) is 0 Å². The van der Waals surface area contributed by atoms with Crippen molar-refractivity contribution < 1.29 is 9.53 Å². The first kappa shape index (κ1) is 19.0. The zero-order chi connectivity index (χ0) is 18.4. The van der Waals surface area contributed by atoms with E-state index < -0.39 is 0 Å². The van der Waals surface area contributed by atoms with Crippen LogP contribution in [0.1, 0.15) is 36.4 Å². The number of hydrogen-bond donors (Lipinski definition) is 1. The summed E-state index contributed by atoms with van der Waals surface area (Å²) < 4.78 is 7.63. The molecular formula is C20H29N3O2. The second kappa shape index (κ2) is 8.70. The third-order valence-electron chi connectivity index (χ3n) is 4.12. The fourth-order valence-corrected chi connectivity index (χ4v) is 2.73. The molecule has 25 heavy (non-hydrogen) atoms. The molecule has 0 saturated heterocycles. The lowest BCUT2D eigenvalue weighted by Crippen LogP contribution is -2.29. The highest BCUT2D eigenvalue weighted by Gasteiger charge is 2.15. The maximum absolute atomic E-state index is 12.2. The van der Waals surface area contributed by atoms with E-state index in [1.165, 1.54) is 5.56 Å². The average molecular weight is 343 g/mol. The normalized spacial score (nSPS) is 11.0. The summed E-state index contributed by atoms with van der Waals surface area (Å²) in [5.74, 6) is 1.35. The van der Waals surface area contributed by atoms with Crippen LogP contribution < -0.4 is 10.1 Å². The molecule has 1 heterocycles. The Balaban J connectivity index is 1.80.